The number of hydrogen-bond acceptors (Lipinski definition) is 3. The average molecular weight is 353 g/mol. The van der Waals surface area contributed by atoms with Gasteiger partial charge < -0.3 is 4.74 Å². The number of halogens is 1. The fourth-order valence-electron chi connectivity index (χ4n) is 2.50. The second kappa shape index (κ2) is 7.36. The number of ether oxygens (including phenoxy) is 1. The molecule has 0 aliphatic carbocycles. The quantitative estimate of drug-likeness (QED) is 0.577. The van der Waals surface area contributed by atoms with Gasteiger partial charge in [-0.15, -0.1) is 0 Å². The van der Waals surface area contributed by atoms with E-state index in [4.69, 9.17) is 16.3 Å². The summed E-state index contributed by atoms with van der Waals surface area (Å²) in [6.07, 6.45) is 3.42. The number of anilines is 1. The Hall–Kier alpha value is -2.85. The highest BCUT2D eigenvalue weighted by Crippen LogP contribution is 2.29. The number of benzene rings is 2. The van der Waals surface area contributed by atoms with Crippen LogP contribution in [0.3, 0.4) is 0 Å². The summed E-state index contributed by atoms with van der Waals surface area (Å²) in [5, 5.41) is 6.34. The highest BCUT2D eigenvalue weighted by molar-refractivity contribution is 6.33. The molecule has 2 aromatic rings. The largest absolute Gasteiger partial charge is 0.489 e. The zero-order valence-electron chi connectivity index (χ0n) is 13.8. The van der Waals surface area contributed by atoms with Crippen molar-refractivity contribution in [2.24, 2.45) is 5.10 Å². The maximum atomic E-state index is 12.8. The van der Waals surface area contributed by atoms with Gasteiger partial charge in [0, 0.05) is 10.6 Å². The van der Waals surface area contributed by atoms with Crippen molar-refractivity contribution in [2.45, 2.75) is 6.92 Å². The van der Waals surface area contributed by atoms with Crippen molar-refractivity contribution >= 4 is 35.0 Å². The Morgan fingerprint density at radius 3 is 2.72 bits per heavy atom. The molecule has 1 amide bonds. The third-order valence-electron chi connectivity index (χ3n) is 3.69. The molecule has 0 N–H and O–H groups in total. The highest BCUT2D eigenvalue weighted by Gasteiger charge is 2.28. The maximum absolute atomic E-state index is 12.8. The van der Waals surface area contributed by atoms with E-state index in [1.165, 1.54) is 5.01 Å². The molecule has 0 bridgehead atoms. The summed E-state index contributed by atoms with van der Waals surface area (Å²) in [4.78, 5) is 12.8. The van der Waals surface area contributed by atoms with Gasteiger partial charge in [0.25, 0.3) is 5.91 Å². The summed E-state index contributed by atoms with van der Waals surface area (Å²) < 4.78 is 5.65. The summed E-state index contributed by atoms with van der Waals surface area (Å²) in [5.41, 5.74) is 2.60. The van der Waals surface area contributed by atoms with Gasteiger partial charge in [-0.3, -0.25) is 4.79 Å². The number of carbonyl (C=O) groups excluding carboxylic acids is 1. The van der Waals surface area contributed by atoms with Gasteiger partial charge in [0.15, 0.2) is 0 Å². The predicted octanol–water partition coefficient (Wildman–Crippen LogP) is 4.71. The van der Waals surface area contributed by atoms with Crippen LogP contribution < -0.4 is 9.75 Å². The second-order valence-corrected chi connectivity index (χ2v) is 5.91. The molecule has 4 nitrogen and oxygen atoms in total. The van der Waals surface area contributed by atoms with Crippen molar-refractivity contribution in [3.05, 3.63) is 77.3 Å². The highest BCUT2D eigenvalue weighted by atomic mass is 35.5. The normalized spacial score (nSPS) is 15.4. The van der Waals surface area contributed by atoms with Crippen LogP contribution in [0.15, 0.2) is 71.9 Å². The van der Waals surface area contributed by atoms with Gasteiger partial charge in [-0.1, -0.05) is 42.5 Å². The third-order valence-corrected chi connectivity index (χ3v) is 3.93. The number of hydrazone groups is 1. The summed E-state index contributed by atoms with van der Waals surface area (Å²) in [6, 6.07) is 14.6. The van der Waals surface area contributed by atoms with E-state index >= 15 is 0 Å². The molecule has 126 valence electrons. The van der Waals surface area contributed by atoms with E-state index in [-0.39, 0.29) is 5.91 Å². The molecule has 0 saturated heterocycles. The van der Waals surface area contributed by atoms with Crippen LogP contribution in [0.2, 0.25) is 5.02 Å². The first-order valence-corrected chi connectivity index (χ1v) is 8.18. The van der Waals surface area contributed by atoms with Gasteiger partial charge in [0.05, 0.1) is 17.0 Å². The molecule has 2 aromatic carbocycles. The monoisotopic (exact) mass is 352 g/mol. The van der Waals surface area contributed by atoms with Gasteiger partial charge in [0.1, 0.15) is 12.4 Å². The van der Waals surface area contributed by atoms with Crippen LogP contribution in [-0.4, -0.2) is 18.2 Å². The van der Waals surface area contributed by atoms with Gasteiger partial charge in [-0.25, -0.2) is 0 Å². The molecule has 25 heavy (non-hydrogen) atoms. The molecule has 0 atom stereocenters. The van der Waals surface area contributed by atoms with Crippen molar-refractivity contribution < 1.29 is 9.53 Å². The Morgan fingerprint density at radius 1 is 1.24 bits per heavy atom. The Bertz CT molecular complexity index is 873. The van der Waals surface area contributed by atoms with E-state index in [1.54, 1.807) is 30.4 Å². The molecular formula is C20H17ClN2O2. The summed E-state index contributed by atoms with van der Waals surface area (Å²) in [5.74, 6) is 0.453. The lowest BCUT2D eigenvalue weighted by molar-refractivity contribution is -0.114. The van der Waals surface area contributed by atoms with Crippen LogP contribution >= 0.6 is 11.6 Å². The lowest BCUT2D eigenvalue weighted by atomic mass is 10.1. The Balaban J connectivity index is 1.97. The number of rotatable bonds is 5. The van der Waals surface area contributed by atoms with E-state index in [0.29, 0.717) is 28.7 Å². The minimum Gasteiger partial charge on any atom is -0.489 e. The van der Waals surface area contributed by atoms with Gasteiger partial charge in [0.2, 0.25) is 0 Å². The fourth-order valence-corrected chi connectivity index (χ4v) is 2.68. The first kappa shape index (κ1) is 17.0. The fraction of sp³-hybridized carbons (Fsp3) is 0.100. The summed E-state index contributed by atoms with van der Waals surface area (Å²) in [6.45, 7) is 5.82. The van der Waals surface area contributed by atoms with Crippen LogP contribution in [-0.2, 0) is 4.79 Å². The molecule has 0 spiro atoms. The van der Waals surface area contributed by atoms with Crippen molar-refractivity contribution in [1.82, 2.24) is 0 Å². The number of hydrogen-bond donors (Lipinski definition) is 0. The number of carbonyl (C=O) groups is 1. The predicted molar refractivity (Wildman–Crippen MR) is 102 cm³/mol. The zero-order chi connectivity index (χ0) is 17.8. The number of para-hydroxylation sites is 1. The molecule has 1 heterocycles. The van der Waals surface area contributed by atoms with E-state index < -0.39 is 0 Å². The molecule has 0 unspecified atom stereocenters. The van der Waals surface area contributed by atoms with E-state index in [2.05, 4.69) is 11.7 Å². The minimum atomic E-state index is -0.182. The second-order valence-electron chi connectivity index (χ2n) is 5.48. The standard InChI is InChI=1S/C20H17ClN2O2/c1-3-11-25-19-10-9-16(21)12-15(19)13-18-14(2)22-23(20(18)24)17-7-5-4-6-8-17/h3-10,12-13H,1,11H2,2H3/b18-13-. The summed E-state index contributed by atoms with van der Waals surface area (Å²) >= 11 is 6.10. The average Bonchev–Trinajstić information content (AvgIpc) is 2.90. The summed E-state index contributed by atoms with van der Waals surface area (Å²) in [7, 11) is 0. The van der Waals surface area contributed by atoms with Crippen LogP contribution in [0.5, 0.6) is 5.75 Å². The Morgan fingerprint density at radius 2 is 2.00 bits per heavy atom. The van der Waals surface area contributed by atoms with E-state index in [9.17, 15) is 4.79 Å². The molecule has 1 aliphatic heterocycles. The van der Waals surface area contributed by atoms with Crippen LogP contribution in [0.4, 0.5) is 5.69 Å². The van der Waals surface area contributed by atoms with Gasteiger partial charge in [-0.05, 0) is 43.3 Å². The molecule has 1 aliphatic rings. The van der Waals surface area contributed by atoms with Gasteiger partial charge >= 0.3 is 0 Å². The number of nitrogens with zero attached hydrogens (tertiary/aromatic N) is 2. The SMILES string of the molecule is C=CCOc1ccc(Cl)cc1/C=C1\C(=O)N(c2ccccc2)N=C1C. The molecule has 0 saturated carbocycles. The molecule has 3 rings (SSSR count). The Kier molecular flexibility index (Phi) is 5.00. The maximum Gasteiger partial charge on any atom is 0.280 e. The van der Waals surface area contributed by atoms with Crippen molar-refractivity contribution in [2.75, 3.05) is 11.6 Å². The zero-order valence-corrected chi connectivity index (χ0v) is 14.5. The molecule has 0 fully saturated rings. The molecular weight excluding hydrogens is 336 g/mol. The number of amides is 1. The van der Waals surface area contributed by atoms with Crippen LogP contribution in [0.1, 0.15) is 12.5 Å². The third kappa shape index (κ3) is 3.64. The molecule has 0 radical (unpaired) electrons. The van der Waals surface area contributed by atoms with E-state index in [1.807, 2.05) is 37.3 Å². The minimum absolute atomic E-state index is 0.182. The lowest BCUT2D eigenvalue weighted by Crippen LogP contribution is -2.21. The topological polar surface area (TPSA) is 41.9 Å². The van der Waals surface area contributed by atoms with Crippen LogP contribution in [0.25, 0.3) is 6.08 Å². The van der Waals surface area contributed by atoms with Crippen molar-refractivity contribution in [3.8, 4) is 5.75 Å². The lowest BCUT2D eigenvalue weighted by Gasteiger charge is -2.11. The first-order valence-electron chi connectivity index (χ1n) is 7.80. The van der Waals surface area contributed by atoms with Crippen LogP contribution in [0, 0.1) is 0 Å². The molecule has 0 aromatic heterocycles. The van der Waals surface area contributed by atoms with Crippen molar-refractivity contribution in [1.29, 1.82) is 0 Å². The van der Waals surface area contributed by atoms with Crippen molar-refractivity contribution in [3.63, 3.8) is 0 Å². The van der Waals surface area contributed by atoms with Gasteiger partial charge in [-0.2, -0.15) is 10.1 Å². The first-order chi connectivity index (χ1) is 12.1. The molecule has 5 heteroatoms. The Labute approximate surface area is 151 Å². The van der Waals surface area contributed by atoms with E-state index in [0.717, 1.165) is 11.3 Å². The smallest absolute Gasteiger partial charge is 0.280 e.